The van der Waals surface area contributed by atoms with Gasteiger partial charge in [-0.1, -0.05) is 43.2 Å². The number of esters is 1. The van der Waals surface area contributed by atoms with E-state index in [4.69, 9.17) is 9.47 Å². The lowest BCUT2D eigenvalue weighted by Gasteiger charge is -2.33. The highest BCUT2D eigenvalue weighted by Gasteiger charge is 2.43. The Kier molecular flexibility index (Phi) is 12.5. The van der Waals surface area contributed by atoms with Crippen LogP contribution in [0.25, 0.3) is 0 Å². The van der Waals surface area contributed by atoms with E-state index in [2.05, 4.69) is 26.6 Å². The molecule has 1 aromatic rings. The molecule has 2 aliphatic carbocycles. The van der Waals surface area contributed by atoms with Crippen LogP contribution in [0.5, 0.6) is 0 Å². The fourth-order valence-electron chi connectivity index (χ4n) is 6.02. The number of amides is 5. The van der Waals surface area contributed by atoms with E-state index in [-0.39, 0.29) is 18.4 Å². The van der Waals surface area contributed by atoms with Crippen LogP contribution < -0.4 is 26.6 Å². The van der Waals surface area contributed by atoms with Crippen LogP contribution >= 0.6 is 0 Å². The van der Waals surface area contributed by atoms with Crippen molar-refractivity contribution in [2.75, 3.05) is 0 Å². The van der Waals surface area contributed by atoms with Crippen molar-refractivity contribution in [3.63, 3.8) is 0 Å². The van der Waals surface area contributed by atoms with Gasteiger partial charge < -0.3 is 36.1 Å². The van der Waals surface area contributed by atoms with Gasteiger partial charge in [0.05, 0.1) is 11.8 Å². The van der Waals surface area contributed by atoms with Crippen molar-refractivity contribution in [1.82, 2.24) is 26.6 Å². The lowest BCUT2D eigenvalue weighted by atomic mass is 9.95. The van der Waals surface area contributed by atoms with Crippen molar-refractivity contribution in [1.29, 1.82) is 0 Å². The molecule has 0 saturated heterocycles. The van der Waals surface area contributed by atoms with Crippen molar-refractivity contribution in [3.05, 3.63) is 35.9 Å². The van der Waals surface area contributed by atoms with Gasteiger partial charge in [0.1, 0.15) is 28.8 Å². The van der Waals surface area contributed by atoms with E-state index in [1.54, 1.807) is 62.3 Å². The Morgan fingerprint density at radius 2 is 1.08 bits per heavy atom. The van der Waals surface area contributed by atoms with E-state index in [9.17, 15) is 28.8 Å². The number of rotatable bonds is 12. The van der Waals surface area contributed by atoms with Gasteiger partial charge >= 0.3 is 12.1 Å². The van der Waals surface area contributed by atoms with Gasteiger partial charge in [0.25, 0.3) is 0 Å². The number of benzene rings is 1. The summed E-state index contributed by atoms with van der Waals surface area (Å²) in [5, 5.41) is 14.1. The molecule has 49 heavy (non-hydrogen) atoms. The van der Waals surface area contributed by atoms with E-state index in [0.717, 1.165) is 5.56 Å². The maximum absolute atomic E-state index is 13.5. The SMILES string of the molecule is CC(C)(C)OC(=O)NC(C)(C)C(=O)N[C@H]1CCC[C@@H]1C(=O)NC(C)(C)C(=O)N[C@H]1CCC[C@@H]1C(=O)NC(C)(C)C(=O)OCc1ccccc1. The molecule has 5 amide bonds. The van der Waals surface area contributed by atoms with Gasteiger partial charge in [-0.2, -0.15) is 0 Å². The molecule has 0 aliphatic heterocycles. The molecule has 2 aliphatic rings. The molecule has 0 spiro atoms. The summed E-state index contributed by atoms with van der Waals surface area (Å²) in [7, 11) is 0. The molecular formula is C36H55N5O8. The lowest BCUT2D eigenvalue weighted by Crippen LogP contribution is -2.61. The summed E-state index contributed by atoms with van der Waals surface area (Å²) in [6, 6.07) is 8.27. The molecule has 3 rings (SSSR count). The number of hydrogen-bond acceptors (Lipinski definition) is 8. The summed E-state index contributed by atoms with van der Waals surface area (Å²) in [6.07, 6.45) is 2.85. The van der Waals surface area contributed by atoms with Crippen LogP contribution in [0.4, 0.5) is 4.79 Å². The summed E-state index contributed by atoms with van der Waals surface area (Å²) in [6.45, 7) is 14.7. The second-order valence-electron chi connectivity index (χ2n) is 15.8. The van der Waals surface area contributed by atoms with Gasteiger partial charge in [0.15, 0.2) is 0 Å². The Morgan fingerprint density at radius 1 is 0.633 bits per heavy atom. The Bertz CT molecular complexity index is 1390. The van der Waals surface area contributed by atoms with Gasteiger partial charge in [0, 0.05) is 12.1 Å². The van der Waals surface area contributed by atoms with Crippen LogP contribution in [-0.2, 0) is 40.1 Å². The average molecular weight is 686 g/mol. The van der Waals surface area contributed by atoms with Gasteiger partial charge in [-0.3, -0.25) is 19.2 Å². The predicted molar refractivity (Wildman–Crippen MR) is 183 cm³/mol. The Balaban J connectivity index is 1.55. The van der Waals surface area contributed by atoms with Crippen molar-refractivity contribution < 1.29 is 38.2 Å². The van der Waals surface area contributed by atoms with E-state index < -0.39 is 70.0 Å². The van der Waals surface area contributed by atoms with E-state index in [1.165, 1.54) is 0 Å². The summed E-state index contributed by atoms with van der Waals surface area (Å²) in [5.74, 6) is -3.37. The van der Waals surface area contributed by atoms with E-state index in [0.29, 0.717) is 38.5 Å². The normalized spacial score (nSPS) is 21.2. The number of alkyl carbamates (subject to hydrolysis) is 1. The van der Waals surface area contributed by atoms with Crippen LogP contribution in [0, 0.1) is 11.8 Å². The summed E-state index contributed by atoms with van der Waals surface area (Å²) in [5.41, 5.74) is -3.81. The first-order valence-corrected chi connectivity index (χ1v) is 17.1. The highest BCUT2D eigenvalue weighted by molar-refractivity contribution is 5.94. The Morgan fingerprint density at radius 3 is 1.55 bits per heavy atom. The molecule has 0 unspecified atom stereocenters. The topological polar surface area (TPSA) is 181 Å². The Labute approximate surface area is 289 Å². The number of carbonyl (C=O) groups excluding carboxylic acids is 6. The first-order chi connectivity index (χ1) is 22.6. The molecule has 1 aromatic carbocycles. The molecule has 0 radical (unpaired) electrons. The molecule has 2 saturated carbocycles. The maximum atomic E-state index is 13.5. The minimum absolute atomic E-state index is 0.0825. The third-order valence-corrected chi connectivity index (χ3v) is 8.88. The third kappa shape index (κ3) is 11.2. The van der Waals surface area contributed by atoms with Gasteiger partial charge in [-0.05, 0) is 93.6 Å². The van der Waals surface area contributed by atoms with E-state index in [1.807, 2.05) is 30.3 Å². The monoisotopic (exact) mass is 685 g/mol. The van der Waals surface area contributed by atoms with Gasteiger partial charge in [-0.25, -0.2) is 9.59 Å². The zero-order valence-electron chi connectivity index (χ0n) is 30.4. The largest absolute Gasteiger partial charge is 0.459 e. The molecule has 2 fully saturated rings. The van der Waals surface area contributed by atoms with Crippen LogP contribution in [0.15, 0.2) is 30.3 Å². The molecule has 0 aromatic heterocycles. The molecule has 13 nitrogen and oxygen atoms in total. The highest BCUT2D eigenvalue weighted by Crippen LogP contribution is 2.29. The molecule has 5 N–H and O–H groups in total. The summed E-state index contributed by atoms with van der Waals surface area (Å²) >= 11 is 0. The number of carbonyl (C=O) groups is 6. The molecule has 0 heterocycles. The first kappa shape index (κ1) is 39.3. The molecule has 13 heteroatoms. The summed E-state index contributed by atoms with van der Waals surface area (Å²) in [4.78, 5) is 78.6. The average Bonchev–Trinajstić information content (AvgIpc) is 3.64. The second-order valence-corrected chi connectivity index (χ2v) is 15.8. The third-order valence-electron chi connectivity index (χ3n) is 8.88. The zero-order valence-corrected chi connectivity index (χ0v) is 30.4. The Hall–Kier alpha value is -4.16. The van der Waals surface area contributed by atoms with Gasteiger partial charge in [0.2, 0.25) is 23.6 Å². The van der Waals surface area contributed by atoms with E-state index >= 15 is 0 Å². The lowest BCUT2D eigenvalue weighted by molar-refractivity contribution is -0.154. The van der Waals surface area contributed by atoms with Crippen molar-refractivity contribution in [2.45, 2.75) is 142 Å². The minimum atomic E-state index is -1.32. The van der Waals surface area contributed by atoms with Crippen LogP contribution in [-0.4, -0.2) is 70.0 Å². The van der Waals surface area contributed by atoms with Crippen molar-refractivity contribution >= 4 is 35.7 Å². The van der Waals surface area contributed by atoms with Crippen molar-refractivity contribution in [2.24, 2.45) is 11.8 Å². The predicted octanol–water partition coefficient (Wildman–Crippen LogP) is 3.39. The van der Waals surface area contributed by atoms with Crippen LogP contribution in [0.3, 0.4) is 0 Å². The number of ether oxygens (including phenoxy) is 2. The smallest absolute Gasteiger partial charge is 0.408 e. The zero-order chi connectivity index (χ0) is 36.8. The maximum Gasteiger partial charge on any atom is 0.408 e. The second kappa shape index (κ2) is 15.6. The van der Waals surface area contributed by atoms with Crippen LogP contribution in [0.1, 0.15) is 106 Å². The van der Waals surface area contributed by atoms with Gasteiger partial charge in [-0.15, -0.1) is 0 Å². The van der Waals surface area contributed by atoms with Crippen molar-refractivity contribution in [3.8, 4) is 0 Å². The molecular weight excluding hydrogens is 630 g/mol. The van der Waals surface area contributed by atoms with Crippen LogP contribution in [0.2, 0.25) is 0 Å². The minimum Gasteiger partial charge on any atom is -0.459 e. The molecule has 0 bridgehead atoms. The number of hydrogen-bond donors (Lipinski definition) is 5. The summed E-state index contributed by atoms with van der Waals surface area (Å²) < 4.78 is 10.7. The first-order valence-electron chi connectivity index (χ1n) is 17.1. The fourth-order valence-corrected chi connectivity index (χ4v) is 6.02. The fraction of sp³-hybridized carbons (Fsp3) is 0.667. The highest BCUT2D eigenvalue weighted by atomic mass is 16.6. The molecule has 4 atom stereocenters. The number of nitrogens with one attached hydrogen (secondary N) is 5. The standard InChI is InChI=1S/C36H55N5O8/c1-33(2,3)49-32(47)41-35(6,7)30(45)38-25-19-13-17-23(25)27(42)39-34(4,5)29(44)37-26-20-14-18-24(26)28(43)40-36(8,9)31(46)48-21-22-15-11-10-12-16-22/h10-12,15-16,23-26H,13-14,17-21H2,1-9H3,(H,37,44)(H,38,45)(H,39,42)(H,40,43)(H,41,47)/t23-,24-,25-,26-/m0/s1. The molecule has 272 valence electrons. The quantitative estimate of drug-likeness (QED) is 0.208.